The molecule has 0 aliphatic rings. The van der Waals surface area contributed by atoms with Gasteiger partial charge in [0, 0.05) is 5.56 Å². The van der Waals surface area contributed by atoms with Gasteiger partial charge in [0.05, 0.1) is 24.2 Å². The summed E-state index contributed by atoms with van der Waals surface area (Å²) >= 11 is 0. The van der Waals surface area contributed by atoms with E-state index in [1.54, 1.807) is 0 Å². The summed E-state index contributed by atoms with van der Waals surface area (Å²) < 4.78 is 24.4. The summed E-state index contributed by atoms with van der Waals surface area (Å²) in [5.41, 5.74) is 10.1. The number of hydrogen-bond acceptors (Lipinski definition) is 4. The average molecular weight is 189 g/mol. The van der Waals surface area contributed by atoms with Crippen molar-refractivity contribution in [3.8, 4) is 0 Å². The normalized spacial score (nSPS) is 10.8. The highest BCUT2D eigenvalue weighted by atomic mass is 19.3. The zero-order valence-corrected chi connectivity index (χ0v) is 6.67. The van der Waals surface area contributed by atoms with Crippen molar-refractivity contribution in [3.05, 3.63) is 17.5 Å². The van der Waals surface area contributed by atoms with E-state index in [-0.39, 0.29) is 16.9 Å². The van der Waals surface area contributed by atoms with Crippen LogP contribution in [0.3, 0.4) is 0 Å². The lowest BCUT2D eigenvalue weighted by Crippen LogP contribution is -2.06. The minimum atomic E-state index is -2.76. The van der Waals surface area contributed by atoms with Crippen LogP contribution in [0, 0.1) is 0 Å². The first-order valence-corrected chi connectivity index (χ1v) is 3.49. The van der Waals surface area contributed by atoms with Crippen molar-refractivity contribution in [2.24, 2.45) is 0 Å². The van der Waals surface area contributed by atoms with E-state index in [1.165, 1.54) is 0 Å². The highest BCUT2D eigenvalue weighted by Crippen LogP contribution is 2.28. The average Bonchev–Trinajstić information content (AvgIpc) is 2.04. The molecule has 0 saturated heterocycles. The van der Waals surface area contributed by atoms with Gasteiger partial charge in [-0.25, -0.2) is 8.78 Å². The van der Waals surface area contributed by atoms with Crippen LogP contribution >= 0.6 is 0 Å². The Balaban J connectivity index is 3.27. The number of aliphatic hydroxyl groups is 1. The van der Waals surface area contributed by atoms with Crippen molar-refractivity contribution in [3.63, 3.8) is 0 Å². The van der Waals surface area contributed by atoms with Crippen LogP contribution in [0.5, 0.6) is 0 Å². The van der Waals surface area contributed by atoms with Crippen molar-refractivity contribution >= 4 is 11.4 Å². The molecule has 0 aromatic carbocycles. The van der Waals surface area contributed by atoms with Gasteiger partial charge in [0.2, 0.25) is 0 Å². The van der Waals surface area contributed by atoms with Crippen LogP contribution in [0.2, 0.25) is 0 Å². The van der Waals surface area contributed by atoms with Gasteiger partial charge in [-0.1, -0.05) is 0 Å². The Morgan fingerprint density at radius 1 is 1.46 bits per heavy atom. The van der Waals surface area contributed by atoms with Crippen LogP contribution < -0.4 is 11.5 Å². The van der Waals surface area contributed by atoms with Crippen molar-refractivity contribution in [1.29, 1.82) is 0 Å². The number of nitrogens with two attached hydrogens (primary N) is 2. The third-order valence-corrected chi connectivity index (χ3v) is 1.66. The van der Waals surface area contributed by atoms with Crippen LogP contribution in [0.4, 0.5) is 20.2 Å². The number of aliphatic hydroxyl groups excluding tert-OH is 1. The van der Waals surface area contributed by atoms with E-state index in [4.69, 9.17) is 16.6 Å². The zero-order chi connectivity index (χ0) is 10.0. The molecule has 0 atom stereocenters. The van der Waals surface area contributed by atoms with E-state index in [9.17, 15) is 8.78 Å². The number of pyridine rings is 1. The van der Waals surface area contributed by atoms with E-state index in [2.05, 4.69) is 4.98 Å². The molecule has 13 heavy (non-hydrogen) atoms. The Morgan fingerprint density at radius 2 is 2.08 bits per heavy atom. The molecule has 0 aliphatic heterocycles. The first-order chi connectivity index (χ1) is 6.07. The van der Waals surface area contributed by atoms with E-state index < -0.39 is 18.7 Å². The lowest BCUT2D eigenvalue weighted by atomic mass is 10.1. The molecule has 1 aromatic heterocycles. The Labute approximate surface area is 73.2 Å². The number of anilines is 2. The number of nitrogen functional groups attached to an aromatic ring is 2. The zero-order valence-electron chi connectivity index (χ0n) is 6.67. The third kappa shape index (κ3) is 1.67. The smallest absolute Gasteiger partial charge is 0.282 e. The molecule has 4 nitrogen and oxygen atoms in total. The SMILES string of the molecule is Nc1cnc(C(F)F)c(N)c1CO. The topological polar surface area (TPSA) is 85.2 Å². The molecule has 0 unspecified atom stereocenters. The predicted octanol–water partition coefficient (Wildman–Crippen LogP) is 0.676. The Hall–Kier alpha value is -1.43. The van der Waals surface area contributed by atoms with Crippen LogP contribution in [0.25, 0.3) is 0 Å². The second-order valence-electron chi connectivity index (χ2n) is 2.45. The standard InChI is InChI=1S/C7H9F2N3O/c8-7(9)6-5(11)3(2-13)4(10)1-12-6/h1,7,13H,2,10-11H2. The Morgan fingerprint density at radius 3 is 2.54 bits per heavy atom. The summed E-state index contributed by atoms with van der Waals surface area (Å²) in [5, 5.41) is 8.77. The molecule has 0 spiro atoms. The number of nitrogens with zero attached hydrogens (tertiary/aromatic N) is 1. The molecule has 1 aromatic rings. The Kier molecular flexibility index (Phi) is 2.62. The maximum atomic E-state index is 12.2. The van der Waals surface area contributed by atoms with Gasteiger partial charge in [-0.2, -0.15) is 0 Å². The van der Waals surface area contributed by atoms with E-state index >= 15 is 0 Å². The fraction of sp³-hybridized carbons (Fsp3) is 0.286. The second-order valence-corrected chi connectivity index (χ2v) is 2.45. The van der Waals surface area contributed by atoms with Gasteiger partial charge < -0.3 is 16.6 Å². The molecular weight excluding hydrogens is 180 g/mol. The first kappa shape index (κ1) is 9.66. The molecule has 1 heterocycles. The summed E-state index contributed by atoms with van der Waals surface area (Å²) in [6, 6.07) is 0. The molecule has 6 heteroatoms. The summed E-state index contributed by atoms with van der Waals surface area (Å²) in [7, 11) is 0. The molecule has 1 rings (SSSR count). The maximum absolute atomic E-state index is 12.2. The lowest BCUT2D eigenvalue weighted by Gasteiger charge is -2.09. The van der Waals surface area contributed by atoms with E-state index in [0.29, 0.717) is 0 Å². The van der Waals surface area contributed by atoms with Crippen molar-refractivity contribution in [2.75, 3.05) is 11.5 Å². The number of rotatable bonds is 2. The summed E-state index contributed by atoms with van der Waals surface area (Å²) in [5.74, 6) is 0. The molecule has 72 valence electrons. The molecule has 0 amide bonds. The van der Waals surface area contributed by atoms with Crippen LogP contribution in [0.1, 0.15) is 17.7 Å². The largest absolute Gasteiger partial charge is 0.397 e. The van der Waals surface area contributed by atoms with Crippen LogP contribution in [-0.4, -0.2) is 10.1 Å². The van der Waals surface area contributed by atoms with Crippen molar-refractivity contribution in [1.82, 2.24) is 4.98 Å². The molecule has 0 bridgehead atoms. The highest BCUT2D eigenvalue weighted by molar-refractivity contribution is 5.62. The molecule has 5 N–H and O–H groups in total. The minimum absolute atomic E-state index is 0.102. The van der Waals surface area contributed by atoms with Gasteiger partial charge in [-0.15, -0.1) is 0 Å². The molecule has 0 radical (unpaired) electrons. The molecule has 0 aliphatic carbocycles. The molecular formula is C7H9F2N3O. The maximum Gasteiger partial charge on any atom is 0.282 e. The summed E-state index contributed by atoms with van der Waals surface area (Å²) in [6.07, 6.45) is -1.70. The van der Waals surface area contributed by atoms with Gasteiger partial charge in [-0.3, -0.25) is 4.98 Å². The molecule has 0 saturated carbocycles. The number of aromatic nitrogens is 1. The Bertz CT molecular complexity index is 317. The number of halogens is 2. The van der Waals surface area contributed by atoms with Crippen LogP contribution in [-0.2, 0) is 6.61 Å². The quantitative estimate of drug-likeness (QED) is 0.638. The monoisotopic (exact) mass is 189 g/mol. The summed E-state index contributed by atoms with van der Waals surface area (Å²) in [6.45, 7) is -0.472. The number of hydrogen-bond donors (Lipinski definition) is 3. The minimum Gasteiger partial charge on any atom is -0.397 e. The molecule has 0 fully saturated rings. The first-order valence-electron chi connectivity index (χ1n) is 3.49. The van der Waals surface area contributed by atoms with Crippen molar-refractivity contribution in [2.45, 2.75) is 13.0 Å². The van der Waals surface area contributed by atoms with Gasteiger partial charge in [0.1, 0.15) is 5.69 Å². The van der Waals surface area contributed by atoms with Crippen molar-refractivity contribution < 1.29 is 13.9 Å². The lowest BCUT2D eigenvalue weighted by molar-refractivity contribution is 0.147. The fourth-order valence-electron chi connectivity index (χ4n) is 0.947. The van der Waals surface area contributed by atoms with Gasteiger partial charge in [0.25, 0.3) is 6.43 Å². The predicted molar refractivity (Wildman–Crippen MR) is 43.9 cm³/mol. The summed E-state index contributed by atoms with van der Waals surface area (Å²) in [4.78, 5) is 3.37. The second kappa shape index (κ2) is 3.53. The van der Waals surface area contributed by atoms with Gasteiger partial charge >= 0.3 is 0 Å². The third-order valence-electron chi connectivity index (χ3n) is 1.66. The van der Waals surface area contributed by atoms with E-state index in [1.807, 2.05) is 0 Å². The fourth-order valence-corrected chi connectivity index (χ4v) is 0.947. The number of alkyl halides is 2. The van der Waals surface area contributed by atoms with Gasteiger partial charge in [0.15, 0.2) is 0 Å². The van der Waals surface area contributed by atoms with E-state index in [0.717, 1.165) is 6.20 Å². The van der Waals surface area contributed by atoms with Crippen LogP contribution in [0.15, 0.2) is 6.20 Å². The van der Waals surface area contributed by atoms with Gasteiger partial charge in [-0.05, 0) is 0 Å². The highest BCUT2D eigenvalue weighted by Gasteiger charge is 2.17.